The molecular formula is C19H24F3N3O3S. The molecule has 29 heavy (non-hydrogen) atoms. The van der Waals surface area contributed by atoms with Crippen molar-refractivity contribution in [1.29, 1.82) is 0 Å². The van der Waals surface area contributed by atoms with Crippen molar-refractivity contribution in [1.82, 2.24) is 14.7 Å². The molecule has 1 aromatic carbocycles. The predicted molar refractivity (Wildman–Crippen MR) is 102 cm³/mol. The van der Waals surface area contributed by atoms with Gasteiger partial charge in [0, 0.05) is 31.1 Å². The van der Waals surface area contributed by atoms with E-state index < -0.39 is 15.6 Å². The fourth-order valence-corrected chi connectivity index (χ4v) is 3.99. The van der Waals surface area contributed by atoms with Gasteiger partial charge < -0.3 is 4.18 Å². The molecule has 0 saturated heterocycles. The molecule has 0 amide bonds. The molecule has 1 aliphatic heterocycles. The molecule has 1 atom stereocenters. The molecule has 160 valence electrons. The molecule has 6 nitrogen and oxygen atoms in total. The van der Waals surface area contributed by atoms with Crippen molar-refractivity contribution in [2.45, 2.75) is 51.2 Å². The Morgan fingerprint density at radius 3 is 2.48 bits per heavy atom. The van der Waals surface area contributed by atoms with E-state index in [-0.39, 0.29) is 17.8 Å². The van der Waals surface area contributed by atoms with E-state index in [2.05, 4.69) is 14.2 Å². The van der Waals surface area contributed by atoms with E-state index in [0.29, 0.717) is 37.3 Å². The molecule has 0 spiro atoms. The number of nitrogens with zero attached hydrogens (tertiary/aromatic N) is 3. The number of hydrogen-bond donors (Lipinski definition) is 0. The monoisotopic (exact) mass is 431 g/mol. The summed E-state index contributed by atoms with van der Waals surface area (Å²) in [5.41, 5.74) is -3.36. The Labute approximate surface area is 168 Å². The Kier molecular flexibility index (Phi) is 5.96. The fraction of sp³-hybridized carbons (Fsp3) is 0.526. The molecule has 0 radical (unpaired) electrons. The number of aromatic nitrogens is 2. The van der Waals surface area contributed by atoms with E-state index in [9.17, 15) is 21.6 Å². The standard InChI is InChI=1S/C19H24F3N3O3S/c1-13(2)25-18(28-29(26,27)19(20,21)22)16-9-10-24(11-14(3)17(16)23-25)12-15-7-5-4-6-8-15/h4-8,13-14H,9-12H2,1-3H3. The first kappa shape index (κ1) is 21.6. The summed E-state index contributed by atoms with van der Waals surface area (Å²) in [6.45, 7) is 7.26. The number of rotatable bonds is 5. The van der Waals surface area contributed by atoms with Gasteiger partial charge in [0.15, 0.2) is 0 Å². The summed E-state index contributed by atoms with van der Waals surface area (Å²) >= 11 is 0. The molecule has 1 unspecified atom stereocenters. The number of alkyl halides is 3. The van der Waals surface area contributed by atoms with Crippen molar-refractivity contribution >= 4 is 10.1 Å². The van der Waals surface area contributed by atoms with Crippen molar-refractivity contribution < 1.29 is 25.8 Å². The summed E-state index contributed by atoms with van der Waals surface area (Å²) in [7, 11) is -5.78. The van der Waals surface area contributed by atoms with Gasteiger partial charge in [0.2, 0.25) is 5.88 Å². The second-order valence-corrected chi connectivity index (χ2v) is 9.10. The lowest BCUT2D eigenvalue weighted by molar-refractivity contribution is -0.0503. The summed E-state index contributed by atoms with van der Waals surface area (Å²) in [5.74, 6) is -0.423. The first-order valence-corrected chi connectivity index (χ1v) is 10.8. The third-order valence-corrected chi connectivity index (χ3v) is 5.82. The Bertz CT molecular complexity index is 956. The van der Waals surface area contributed by atoms with E-state index in [1.807, 2.05) is 37.3 Å². The van der Waals surface area contributed by atoms with E-state index in [4.69, 9.17) is 0 Å². The largest absolute Gasteiger partial charge is 0.534 e. The van der Waals surface area contributed by atoms with Crippen LogP contribution in [-0.2, 0) is 23.1 Å². The smallest absolute Gasteiger partial charge is 0.355 e. The lowest BCUT2D eigenvalue weighted by atomic mass is 10.0. The highest BCUT2D eigenvalue weighted by Crippen LogP contribution is 2.36. The lowest BCUT2D eigenvalue weighted by Crippen LogP contribution is -2.30. The van der Waals surface area contributed by atoms with Crippen molar-refractivity contribution in [2.24, 2.45) is 0 Å². The van der Waals surface area contributed by atoms with Crippen LogP contribution in [0, 0.1) is 0 Å². The minimum absolute atomic E-state index is 0.0906. The van der Waals surface area contributed by atoms with Crippen molar-refractivity contribution in [3.8, 4) is 5.88 Å². The van der Waals surface area contributed by atoms with Crippen LogP contribution < -0.4 is 4.18 Å². The maximum atomic E-state index is 12.9. The van der Waals surface area contributed by atoms with Crippen LogP contribution in [-0.4, -0.2) is 41.7 Å². The molecular weight excluding hydrogens is 407 g/mol. The molecule has 0 fully saturated rings. The second kappa shape index (κ2) is 7.98. The zero-order valence-corrected chi connectivity index (χ0v) is 17.3. The van der Waals surface area contributed by atoms with E-state index >= 15 is 0 Å². The maximum Gasteiger partial charge on any atom is 0.534 e. The zero-order chi connectivity index (χ0) is 21.4. The summed E-state index contributed by atoms with van der Waals surface area (Å²) < 4.78 is 67.8. The van der Waals surface area contributed by atoms with Gasteiger partial charge in [-0.1, -0.05) is 37.3 Å². The molecule has 1 aliphatic rings. The average Bonchev–Trinajstić information content (AvgIpc) is 2.89. The average molecular weight is 431 g/mol. The first-order chi connectivity index (χ1) is 13.5. The normalized spacial score (nSPS) is 18.5. The fourth-order valence-electron chi connectivity index (χ4n) is 3.51. The Morgan fingerprint density at radius 1 is 1.24 bits per heavy atom. The van der Waals surface area contributed by atoms with Crippen LogP contribution in [0.3, 0.4) is 0 Å². The molecule has 2 aromatic rings. The highest BCUT2D eigenvalue weighted by Gasteiger charge is 2.49. The minimum Gasteiger partial charge on any atom is -0.355 e. The summed E-state index contributed by atoms with van der Waals surface area (Å²) in [6.07, 6.45) is 0.349. The van der Waals surface area contributed by atoms with Crippen LogP contribution in [0.25, 0.3) is 0 Å². The molecule has 0 saturated carbocycles. The van der Waals surface area contributed by atoms with E-state index in [0.717, 1.165) is 5.56 Å². The number of benzene rings is 1. The van der Waals surface area contributed by atoms with Crippen LogP contribution in [0.15, 0.2) is 30.3 Å². The van der Waals surface area contributed by atoms with Gasteiger partial charge in [-0.3, -0.25) is 4.90 Å². The van der Waals surface area contributed by atoms with Gasteiger partial charge >= 0.3 is 15.6 Å². The van der Waals surface area contributed by atoms with Crippen LogP contribution in [0.5, 0.6) is 5.88 Å². The highest BCUT2D eigenvalue weighted by atomic mass is 32.2. The van der Waals surface area contributed by atoms with Crippen molar-refractivity contribution in [2.75, 3.05) is 13.1 Å². The van der Waals surface area contributed by atoms with Crippen molar-refractivity contribution in [3.05, 3.63) is 47.2 Å². The molecule has 3 rings (SSSR count). The maximum absolute atomic E-state index is 12.9. The number of halogens is 3. The van der Waals surface area contributed by atoms with Gasteiger partial charge in [-0.25, -0.2) is 4.68 Å². The first-order valence-electron chi connectivity index (χ1n) is 9.38. The van der Waals surface area contributed by atoms with Gasteiger partial charge in [0.25, 0.3) is 0 Å². The van der Waals surface area contributed by atoms with Crippen LogP contribution in [0.4, 0.5) is 13.2 Å². The van der Waals surface area contributed by atoms with Gasteiger partial charge in [-0.05, 0) is 25.8 Å². The van der Waals surface area contributed by atoms with Crippen molar-refractivity contribution in [3.63, 3.8) is 0 Å². The summed E-state index contributed by atoms with van der Waals surface area (Å²) in [5, 5.41) is 4.43. The SMILES string of the molecule is CC1CN(Cc2ccccc2)CCc2c1nn(C(C)C)c2OS(=O)(=O)C(F)(F)F. The lowest BCUT2D eigenvalue weighted by Gasteiger charge is -2.22. The molecule has 10 heteroatoms. The van der Waals surface area contributed by atoms with Gasteiger partial charge in [-0.2, -0.15) is 26.7 Å². The number of hydrogen-bond acceptors (Lipinski definition) is 5. The molecule has 0 aliphatic carbocycles. The van der Waals surface area contributed by atoms with E-state index in [1.165, 1.54) is 4.68 Å². The minimum atomic E-state index is -5.78. The van der Waals surface area contributed by atoms with Gasteiger partial charge in [0.05, 0.1) is 11.7 Å². The van der Waals surface area contributed by atoms with Gasteiger partial charge in [-0.15, -0.1) is 0 Å². The second-order valence-electron chi connectivity index (χ2n) is 7.56. The molecule has 2 heterocycles. The Hall–Kier alpha value is -2.07. The van der Waals surface area contributed by atoms with Gasteiger partial charge in [0.1, 0.15) is 0 Å². The third-order valence-electron chi connectivity index (χ3n) is 4.88. The zero-order valence-electron chi connectivity index (χ0n) is 16.5. The summed E-state index contributed by atoms with van der Waals surface area (Å²) in [4.78, 5) is 2.18. The third kappa shape index (κ3) is 4.58. The van der Waals surface area contributed by atoms with Crippen LogP contribution in [0.2, 0.25) is 0 Å². The Morgan fingerprint density at radius 2 is 1.90 bits per heavy atom. The van der Waals surface area contributed by atoms with Crippen LogP contribution >= 0.6 is 0 Å². The Balaban J connectivity index is 1.92. The quantitative estimate of drug-likeness (QED) is 0.532. The van der Waals surface area contributed by atoms with E-state index in [1.54, 1.807) is 13.8 Å². The van der Waals surface area contributed by atoms with Crippen LogP contribution in [0.1, 0.15) is 49.6 Å². The highest BCUT2D eigenvalue weighted by molar-refractivity contribution is 7.87. The molecule has 0 bridgehead atoms. The topological polar surface area (TPSA) is 64.4 Å². The number of fused-ring (bicyclic) bond motifs is 1. The molecule has 0 N–H and O–H groups in total. The predicted octanol–water partition coefficient (Wildman–Crippen LogP) is 3.85. The summed E-state index contributed by atoms with van der Waals surface area (Å²) in [6, 6.07) is 9.51. The molecule has 1 aromatic heterocycles.